The highest BCUT2D eigenvalue weighted by Gasteiger charge is 2.22. The minimum absolute atomic E-state index is 0.479. The molecule has 2 rings (SSSR count). The van der Waals surface area contributed by atoms with Crippen molar-refractivity contribution in [3.63, 3.8) is 0 Å². The summed E-state index contributed by atoms with van der Waals surface area (Å²) in [6.07, 6.45) is 1.13. The monoisotopic (exact) mass is 276 g/mol. The van der Waals surface area contributed by atoms with E-state index in [9.17, 15) is 0 Å². The van der Waals surface area contributed by atoms with Gasteiger partial charge in [0.2, 0.25) is 0 Å². The number of nitrogens with zero attached hydrogens (tertiary/aromatic N) is 2. The topological polar surface area (TPSA) is 25.4 Å². The standard InChI is InChI=1S/C17H28N2O/c1-12(2)16-7-6-15(14-8-9-20-11-14)17(18-16)10-19(5)13(3)4/h6-7,12-14H,8-11H2,1-5H3/t14-/m0/s1. The molecule has 112 valence electrons. The maximum absolute atomic E-state index is 5.56. The van der Waals surface area contributed by atoms with E-state index in [-0.39, 0.29) is 0 Å². The second-order valence-corrected chi connectivity index (χ2v) is 6.50. The molecule has 20 heavy (non-hydrogen) atoms. The maximum atomic E-state index is 5.56. The molecule has 1 atom stereocenters. The molecule has 0 aromatic carbocycles. The van der Waals surface area contributed by atoms with Crippen molar-refractivity contribution in [1.82, 2.24) is 9.88 Å². The molecule has 0 N–H and O–H groups in total. The Morgan fingerprint density at radius 2 is 2.05 bits per heavy atom. The predicted molar refractivity (Wildman–Crippen MR) is 83.1 cm³/mol. The SMILES string of the molecule is CC(C)c1ccc([C@H]2CCOC2)c(CN(C)C(C)C)n1. The molecule has 2 heterocycles. The van der Waals surface area contributed by atoms with Crippen LogP contribution < -0.4 is 0 Å². The molecule has 1 aliphatic rings. The summed E-state index contributed by atoms with van der Waals surface area (Å²) < 4.78 is 5.56. The fourth-order valence-electron chi connectivity index (χ4n) is 2.55. The summed E-state index contributed by atoms with van der Waals surface area (Å²) in [6.45, 7) is 11.5. The summed E-state index contributed by atoms with van der Waals surface area (Å²) in [5.41, 5.74) is 3.82. The van der Waals surface area contributed by atoms with Crippen LogP contribution in [0.3, 0.4) is 0 Å². The molecule has 1 aliphatic heterocycles. The van der Waals surface area contributed by atoms with Crippen molar-refractivity contribution < 1.29 is 4.74 Å². The van der Waals surface area contributed by atoms with Gasteiger partial charge in [-0.1, -0.05) is 19.9 Å². The van der Waals surface area contributed by atoms with Crippen LogP contribution in [0, 0.1) is 0 Å². The molecule has 3 nitrogen and oxygen atoms in total. The van der Waals surface area contributed by atoms with Crippen molar-refractivity contribution in [2.75, 3.05) is 20.3 Å². The summed E-state index contributed by atoms with van der Waals surface area (Å²) in [7, 11) is 2.17. The average Bonchev–Trinajstić information content (AvgIpc) is 2.92. The van der Waals surface area contributed by atoms with Crippen molar-refractivity contribution in [2.45, 2.75) is 58.5 Å². The van der Waals surface area contributed by atoms with Gasteiger partial charge in [0.05, 0.1) is 12.3 Å². The average molecular weight is 276 g/mol. The predicted octanol–water partition coefficient (Wildman–Crippen LogP) is 3.55. The molecule has 0 radical (unpaired) electrons. The third-order valence-electron chi connectivity index (χ3n) is 4.27. The van der Waals surface area contributed by atoms with Crippen LogP contribution in [0.2, 0.25) is 0 Å². The second-order valence-electron chi connectivity index (χ2n) is 6.50. The molecule has 0 saturated carbocycles. The quantitative estimate of drug-likeness (QED) is 0.822. The minimum atomic E-state index is 0.479. The number of pyridine rings is 1. The van der Waals surface area contributed by atoms with Gasteiger partial charge in [0.25, 0.3) is 0 Å². The minimum Gasteiger partial charge on any atom is -0.381 e. The Kier molecular flexibility index (Phi) is 5.17. The highest BCUT2D eigenvalue weighted by atomic mass is 16.5. The maximum Gasteiger partial charge on any atom is 0.0583 e. The van der Waals surface area contributed by atoms with Gasteiger partial charge in [-0.05, 0) is 44.9 Å². The molecule has 1 aromatic heterocycles. The Labute approximate surface area is 123 Å². The smallest absolute Gasteiger partial charge is 0.0583 e. The number of aromatic nitrogens is 1. The van der Waals surface area contributed by atoms with Gasteiger partial charge in [-0.3, -0.25) is 9.88 Å². The number of hydrogen-bond donors (Lipinski definition) is 0. The summed E-state index contributed by atoms with van der Waals surface area (Å²) in [4.78, 5) is 7.29. The first-order valence-corrected chi connectivity index (χ1v) is 7.76. The lowest BCUT2D eigenvalue weighted by molar-refractivity contribution is 0.193. The Morgan fingerprint density at radius 3 is 2.60 bits per heavy atom. The normalized spacial score (nSPS) is 19.5. The number of hydrogen-bond acceptors (Lipinski definition) is 3. The van der Waals surface area contributed by atoms with Gasteiger partial charge in [0, 0.05) is 30.8 Å². The molecular weight excluding hydrogens is 248 g/mol. The van der Waals surface area contributed by atoms with Crippen molar-refractivity contribution in [2.24, 2.45) is 0 Å². The van der Waals surface area contributed by atoms with E-state index in [0.29, 0.717) is 17.9 Å². The van der Waals surface area contributed by atoms with Crippen molar-refractivity contribution in [1.29, 1.82) is 0 Å². The van der Waals surface area contributed by atoms with Crippen LogP contribution in [0.1, 0.15) is 62.9 Å². The molecule has 1 saturated heterocycles. The van der Waals surface area contributed by atoms with E-state index >= 15 is 0 Å². The first-order chi connectivity index (χ1) is 9.49. The van der Waals surface area contributed by atoms with E-state index in [1.54, 1.807) is 0 Å². The van der Waals surface area contributed by atoms with Crippen LogP contribution in [0.25, 0.3) is 0 Å². The van der Waals surface area contributed by atoms with E-state index in [1.165, 1.54) is 17.0 Å². The molecule has 0 amide bonds. The van der Waals surface area contributed by atoms with E-state index in [4.69, 9.17) is 9.72 Å². The summed E-state index contributed by atoms with van der Waals surface area (Å²) in [5.74, 6) is 1.01. The summed E-state index contributed by atoms with van der Waals surface area (Å²) in [6, 6.07) is 5.01. The van der Waals surface area contributed by atoms with Gasteiger partial charge in [-0.25, -0.2) is 0 Å². The lowest BCUT2D eigenvalue weighted by Crippen LogP contribution is -2.27. The zero-order valence-electron chi connectivity index (χ0n) is 13.5. The highest BCUT2D eigenvalue weighted by Crippen LogP contribution is 2.29. The molecule has 0 aliphatic carbocycles. The molecule has 0 unspecified atom stereocenters. The third-order valence-corrected chi connectivity index (χ3v) is 4.27. The zero-order valence-corrected chi connectivity index (χ0v) is 13.5. The van der Waals surface area contributed by atoms with Crippen LogP contribution in [0.4, 0.5) is 0 Å². The van der Waals surface area contributed by atoms with Gasteiger partial charge in [-0.2, -0.15) is 0 Å². The second kappa shape index (κ2) is 6.68. The lowest BCUT2D eigenvalue weighted by atomic mass is 9.95. The molecule has 3 heteroatoms. The van der Waals surface area contributed by atoms with E-state index in [0.717, 1.165) is 26.2 Å². The van der Waals surface area contributed by atoms with E-state index < -0.39 is 0 Å². The van der Waals surface area contributed by atoms with Gasteiger partial charge in [0.1, 0.15) is 0 Å². The van der Waals surface area contributed by atoms with Crippen LogP contribution >= 0.6 is 0 Å². The fourth-order valence-corrected chi connectivity index (χ4v) is 2.55. The highest BCUT2D eigenvalue weighted by molar-refractivity contribution is 5.28. The van der Waals surface area contributed by atoms with E-state index in [1.807, 2.05) is 0 Å². The van der Waals surface area contributed by atoms with Crippen molar-refractivity contribution in [3.05, 3.63) is 29.1 Å². The van der Waals surface area contributed by atoms with Gasteiger partial charge >= 0.3 is 0 Å². The molecular formula is C17H28N2O. The van der Waals surface area contributed by atoms with Crippen LogP contribution in [-0.4, -0.2) is 36.2 Å². The van der Waals surface area contributed by atoms with Crippen LogP contribution in [0.15, 0.2) is 12.1 Å². The Hall–Kier alpha value is -0.930. The number of rotatable bonds is 5. The Balaban J connectivity index is 2.29. The zero-order chi connectivity index (χ0) is 14.7. The molecule has 0 bridgehead atoms. The fraction of sp³-hybridized carbons (Fsp3) is 0.706. The Bertz CT molecular complexity index is 437. The van der Waals surface area contributed by atoms with Crippen molar-refractivity contribution >= 4 is 0 Å². The van der Waals surface area contributed by atoms with Gasteiger partial charge in [-0.15, -0.1) is 0 Å². The lowest BCUT2D eigenvalue weighted by Gasteiger charge is -2.24. The van der Waals surface area contributed by atoms with E-state index in [2.05, 4.69) is 51.8 Å². The first kappa shape index (κ1) is 15.5. The van der Waals surface area contributed by atoms with Crippen molar-refractivity contribution in [3.8, 4) is 0 Å². The number of ether oxygens (including phenoxy) is 1. The third kappa shape index (κ3) is 3.58. The Morgan fingerprint density at radius 1 is 1.30 bits per heavy atom. The largest absolute Gasteiger partial charge is 0.381 e. The van der Waals surface area contributed by atoms with Gasteiger partial charge < -0.3 is 4.74 Å². The van der Waals surface area contributed by atoms with Crippen LogP contribution in [-0.2, 0) is 11.3 Å². The first-order valence-electron chi connectivity index (χ1n) is 7.76. The molecule has 1 fully saturated rings. The van der Waals surface area contributed by atoms with Gasteiger partial charge in [0.15, 0.2) is 0 Å². The van der Waals surface area contributed by atoms with Crippen LogP contribution in [0.5, 0.6) is 0 Å². The molecule has 1 aromatic rings. The summed E-state index contributed by atoms with van der Waals surface area (Å²) in [5, 5.41) is 0. The molecule has 0 spiro atoms. The summed E-state index contributed by atoms with van der Waals surface area (Å²) >= 11 is 0.